The van der Waals surface area contributed by atoms with Crippen LogP contribution in [0.1, 0.15) is 5.56 Å². The van der Waals surface area contributed by atoms with Gasteiger partial charge in [-0.2, -0.15) is 0 Å². The number of allylic oxidation sites excluding steroid dienone is 1. The molecular formula is C10H9Br2Cl. The van der Waals surface area contributed by atoms with E-state index < -0.39 is 0 Å². The fraction of sp³-hybridized carbons (Fsp3) is 0.200. The van der Waals surface area contributed by atoms with E-state index in [2.05, 4.69) is 37.9 Å². The third-order valence-electron chi connectivity index (χ3n) is 1.54. The zero-order valence-corrected chi connectivity index (χ0v) is 10.8. The molecule has 0 heterocycles. The van der Waals surface area contributed by atoms with E-state index in [1.54, 1.807) is 0 Å². The summed E-state index contributed by atoms with van der Waals surface area (Å²) in [4.78, 5) is 0.351. The van der Waals surface area contributed by atoms with Gasteiger partial charge in [0.05, 0.1) is 0 Å². The summed E-state index contributed by atoms with van der Waals surface area (Å²) < 4.78 is 0. The van der Waals surface area contributed by atoms with Crippen molar-refractivity contribution in [1.82, 2.24) is 0 Å². The molecule has 1 unspecified atom stereocenters. The lowest BCUT2D eigenvalue weighted by Gasteiger charge is -1.98. The van der Waals surface area contributed by atoms with Crippen LogP contribution in [0.25, 0.3) is 6.08 Å². The molecule has 1 aromatic carbocycles. The molecule has 0 nitrogen and oxygen atoms in total. The predicted molar refractivity (Wildman–Crippen MR) is 67.0 cm³/mol. The lowest BCUT2D eigenvalue weighted by molar-refractivity contribution is 1.32. The van der Waals surface area contributed by atoms with Gasteiger partial charge in [-0.05, 0) is 11.6 Å². The highest BCUT2D eigenvalue weighted by Gasteiger charge is 1.96. The van der Waals surface area contributed by atoms with Gasteiger partial charge in [0.25, 0.3) is 0 Å². The van der Waals surface area contributed by atoms with Crippen molar-refractivity contribution in [3.05, 3.63) is 40.9 Å². The van der Waals surface area contributed by atoms with Gasteiger partial charge in [-0.25, -0.2) is 0 Å². The van der Waals surface area contributed by atoms with Crippen molar-refractivity contribution in [2.45, 2.75) is 4.83 Å². The average molecular weight is 324 g/mol. The molecule has 13 heavy (non-hydrogen) atoms. The van der Waals surface area contributed by atoms with Crippen LogP contribution in [-0.4, -0.2) is 10.2 Å². The molecule has 0 bridgehead atoms. The summed E-state index contributed by atoms with van der Waals surface area (Å²) in [6.45, 7) is 0. The maximum atomic E-state index is 5.97. The minimum Gasteiger partial charge on any atom is -0.0913 e. The Bertz CT molecular complexity index is 297. The lowest BCUT2D eigenvalue weighted by atomic mass is 10.2. The van der Waals surface area contributed by atoms with Gasteiger partial charge in [0.2, 0.25) is 0 Å². The molecule has 70 valence electrons. The van der Waals surface area contributed by atoms with E-state index in [1.165, 1.54) is 0 Å². The topological polar surface area (TPSA) is 0 Å². The second kappa shape index (κ2) is 5.84. The first-order valence-corrected chi connectivity index (χ1v) is 6.28. The molecule has 0 saturated heterocycles. The fourth-order valence-corrected chi connectivity index (χ4v) is 1.44. The Morgan fingerprint density at radius 2 is 2.08 bits per heavy atom. The molecule has 1 rings (SSSR count). The fourth-order valence-electron chi connectivity index (χ4n) is 0.870. The van der Waals surface area contributed by atoms with Crippen molar-refractivity contribution in [2.24, 2.45) is 0 Å². The Labute approximate surface area is 100 Å². The van der Waals surface area contributed by atoms with Crippen molar-refractivity contribution in [1.29, 1.82) is 0 Å². The molecule has 0 radical (unpaired) electrons. The summed E-state index contributed by atoms with van der Waals surface area (Å²) in [6.07, 6.45) is 4.08. The van der Waals surface area contributed by atoms with Gasteiger partial charge in [0.1, 0.15) is 0 Å². The van der Waals surface area contributed by atoms with E-state index in [9.17, 15) is 0 Å². The minimum absolute atomic E-state index is 0.351. The van der Waals surface area contributed by atoms with Gasteiger partial charge in [0, 0.05) is 15.2 Å². The molecule has 0 saturated carbocycles. The van der Waals surface area contributed by atoms with Crippen molar-refractivity contribution in [2.75, 3.05) is 5.33 Å². The maximum Gasteiger partial charge on any atom is 0.0478 e. The first kappa shape index (κ1) is 11.3. The molecule has 0 N–H and O–H groups in total. The van der Waals surface area contributed by atoms with E-state index >= 15 is 0 Å². The maximum absolute atomic E-state index is 5.97. The van der Waals surface area contributed by atoms with Gasteiger partial charge >= 0.3 is 0 Å². The summed E-state index contributed by atoms with van der Waals surface area (Å²) >= 11 is 12.8. The largest absolute Gasteiger partial charge is 0.0913 e. The monoisotopic (exact) mass is 322 g/mol. The Kier molecular flexibility index (Phi) is 5.07. The highest BCUT2D eigenvalue weighted by Crippen LogP contribution is 2.17. The van der Waals surface area contributed by atoms with Crippen molar-refractivity contribution < 1.29 is 0 Å². The molecule has 1 atom stereocenters. The number of halogens is 3. The number of benzene rings is 1. The molecule has 0 fully saturated rings. The SMILES string of the molecule is Clc1ccccc1C=CC(Br)CBr. The van der Waals surface area contributed by atoms with Crippen LogP contribution >= 0.6 is 43.5 Å². The van der Waals surface area contributed by atoms with Crippen LogP contribution in [0.15, 0.2) is 30.3 Å². The molecular weight excluding hydrogens is 315 g/mol. The van der Waals surface area contributed by atoms with Crippen LogP contribution in [0.2, 0.25) is 5.02 Å². The van der Waals surface area contributed by atoms with E-state index in [1.807, 2.05) is 30.3 Å². The highest BCUT2D eigenvalue weighted by atomic mass is 79.9. The summed E-state index contributed by atoms with van der Waals surface area (Å²) in [5.41, 5.74) is 1.05. The smallest absolute Gasteiger partial charge is 0.0478 e. The van der Waals surface area contributed by atoms with Crippen LogP contribution in [-0.2, 0) is 0 Å². The molecule has 0 aliphatic carbocycles. The summed E-state index contributed by atoms with van der Waals surface area (Å²) in [5, 5.41) is 1.68. The van der Waals surface area contributed by atoms with Crippen LogP contribution in [0, 0.1) is 0 Å². The Morgan fingerprint density at radius 1 is 1.38 bits per heavy atom. The standard InChI is InChI=1S/C10H9Br2Cl/c11-7-9(12)6-5-8-3-1-2-4-10(8)13/h1-6,9H,7H2. The number of hydrogen-bond acceptors (Lipinski definition) is 0. The second-order valence-corrected chi connectivity index (χ2v) is 4.78. The molecule has 0 amide bonds. The molecule has 3 heteroatoms. The van der Waals surface area contributed by atoms with E-state index in [4.69, 9.17) is 11.6 Å². The minimum atomic E-state index is 0.351. The predicted octanol–water partition coefficient (Wildman–Crippen LogP) is 4.51. The summed E-state index contributed by atoms with van der Waals surface area (Å²) in [5.74, 6) is 0. The Balaban J connectivity index is 2.74. The molecule has 0 aliphatic rings. The van der Waals surface area contributed by atoms with E-state index in [0.717, 1.165) is 15.9 Å². The second-order valence-electron chi connectivity index (χ2n) is 2.55. The quantitative estimate of drug-likeness (QED) is 0.718. The first-order chi connectivity index (χ1) is 6.24. The average Bonchev–Trinajstić information content (AvgIpc) is 2.16. The van der Waals surface area contributed by atoms with Gasteiger partial charge in [-0.15, -0.1) is 0 Å². The van der Waals surface area contributed by atoms with Gasteiger partial charge in [-0.3, -0.25) is 0 Å². The van der Waals surface area contributed by atoms with Crippen LogP contribution in [0.5, 0.6) is 0 Å². The third-order valence-corrected chi connectivity index (χ3v) is 4.08. The molecule has 0 spiro atoms. The summed E-state index contributed by atoms with van der Waals surface area (Å²) in [7, 11) is 0. The zero-order valence-electron chi connectivity index (χ0n) is 6.88. The van der Waals surface area contributed by atoms with Crippen LogP contribution < -0.4 is 0 Å². The molecule has 0 aliphatic heterocycles. The van der Waals surface area contributed by atoms with E-state index in [-0.39, 0.29) is 0 Å². The number of hydrogen-bond donors (Lipinski definition) is 0. The van der Waals surface area contributed by atoms with Crippen LogP contribution in [0.3, 0.4) is 0 Å². The van der Waals surface area contributed by atoms with Gasteiger partial charge < -0.3 is 0 Å². The normalized spacial score (nSPS) is 13.5. The molecule has 0 aromatic heterocycles. The van der Waals surface area contributed by atoms with Gasteiger partial charge in [0.15, 0.2) is 0 Å². The highest BCUT2D eigenvalue weighted by molar-refractivity contribution is 9.12. The Morgan fingerprint density at radius 3 is 2.69 bits per heavy atom. The number of alkyl halides is 2. The first-order valence-electron chi connectivity index (χ1n) is 3.87. The van der Waals surface area contributed by atoms with Crippen molar-refractivity contribution in [3.8, 4) is 0 Å². The summed E-state index contributed by atoms with van der Waals surface area (Å²) in [6, 6.07) is 7.78. The third kappa shape index (κ3) is 3.84. The van der Waals surface area contributed by atoms with Crippen molar-refractivity contribution in [3.63, 3.8) is 0 Å². The van der Waals surface area contributed by atoms with Gasteiger partial charge in [-0.1, -0.05) is 73.8 Å². The molecule has 1 aromatic rings. The Hall–Kier alpha value is 0.210. The van der Waals surface area contributed by atoms with Crippen LogP contribution in [0.4, 0.5) is 0 Å². The van der Waals surface area contributed by atoms with E-state index in [0.29, 0.717) is 4.83 Å². The zero-order chi connectivity index (χ0) is 9.68. The van der Waals surface area contributed by atoms with Crippen molar-refractivity contribution >= 4 is 49.5 Å². The lowest BCUT2D eigenvalue weighted by Crippen LogP contribution is -1.91. The number of rotatable bonds is 3.